The van der Waals surface area contributed by atoms with E-state index in [1.54, 1.807) is 0 Å². The minimum absolute atomic E-state index is 0.826. The van der Waals surface area contributed by atoms with Crippen LogP contribution in [0.25, 0.3) is 0 Å². The third-order valence-corrected chi connectivity index (χ3v) is 1.53. The van der Waals surface area contributed by atoms with Crippen LogP contribution in [0.3, 0.4) is 0 Å². The smallest absolute Gasteiger partial charge is 0.387 e. The highest BCUT2D eigenvalue weighted by Gasteiger charge is 2.70. The van der Waals surface area contributed by atoms with E-state index in [0.29, 0.717) is 0 Å². The Balaban J connectivity index is 3.20. The summed E-state index contributed by atoms with van der Waals surface area (Å²) in [6.07, 6.45) is 0. The van der Waals surface area contributed by atoms with E-state index in [-0.39, 0.29) is 0 Å². The molecule has 0 spiro atoms. The van der Waals surface area contributed by atoms with Gasteiger partial charge in [-0.25, -0.2) is 9.59 Å². The van der Waals surface area contributed by atoms with Crippen molar-refractivity contribution < 1.29 is 32.7 Å². The molecule has 9 heteroatoms. The summed E-state index contributed by atoms with van der Waals surface area (Å²) in [4.78, 5) is 31.0. The summed E-state index contributed by atoms with van der Waals surface area (Å²) in [6.45, 7) is 0. The first kappa shape index (κ1) is 10.3. The molecule has 3 amide bonds. The van der Waals surface area contributed by atoms with Gasteiger partial charge in [-0.2, -0.15) is 13.2 Å². The lowest BCUT2D eigenvalue weighted by atomic mass is 10.1. The average molecular weight is 212 g/mol. The van der Waals surface area contributed by atoms with Crippen molar-refractivity contribution >= 4 is 17.9 Å². The molecular weight excluding hydrogens is 209 g/mol. The van der Waals surface area contributed by atoms with Gasteiger partial charge in [-0.15, -0.1) is 0 Å². The lowest BCUT2D eigenvalue weighted by molar-refractivity contribution is -0.198. The van der Waals surface area contributed by atoms with Crippen LogP contribution in [-0.4, -0.2) is 34.7 Å². The van der Waals surface area contributed by atoms with E-state index in [4.69, 9.17) is 5.11 Å². The number of imide groups is 1. The van der Waals surface area contributed by atoms with E-state index in [2.05, 4.69) is 0 Å². The summed E-state index contributed by atoms with van der Waals surface area (Å²) in [5.41, 5.74) is 0. The van der Waals surface area contributed by atoms with E-state index in [1.165, 1.54) is 0 Å². The highest BCUT2D eigenvalue weighted by molar-refractivity contribution is 6.06. The zero-order chi connectivity index (χ0) is 11.1. The third kappa shape index (κ3) is 1.09. The van der Waals surface area contributed by atoms with Crippen LogP contribution in [0.4, 0.5) is 18.0 Å². The first-order chi connectivity index (χ1) is 6.22. The first-order valence-electron chi connectivity index (χ1n) is 3.15. The van der Waals surface area contributed by atoms with E-state index < -0.39 is 29.6 Å². The number of hydrogen-bond acceptors (Lipinski definition) is 3. The molecule has 0 aromatic heterocycles. The zero-order valence-electron chi connectivity index (χ0n) is 6.31. The standard InChI is InChI=1S/C5H3F3N2O4/c6-4(7)1(11)9-3(14)10-5(4,8)2(12)13/h(H,12,13)(H2,9,10,11,14). The number of nitrogens with one attached hydrogen (secondary N) is 2. The second-order valence-electron chi connectivity index (χ2n) is 2.45. The van der Waals surface area contributed by atoms with Crippen LogP contribution >= 0.6 is 0 Å². The lowest BCUT2D eigenvalue weighted by Crippen LogP contribution is -2.74. The summed E-state index contributed by atoms with van der Waals surface area (Å²) in [5.74, 6) is -14.2. The Morgan fingerprint density at radius 2 is 1.79 bits per heavy atom. The van der Waals surface area contributed by atoms with Gasteiger partial charge in [-0.05, 0) is 0 Å². The van der Waals surface area contributed by atoms with Crippen molar-refractivity contribution in [2.45, 2.75) is 11.7 Å². The van der Waals surface area contributed by atoms with Crippen LogP contribution < -0.4 is 10.6 Å². The number of amides is 3. The molecule has 1 aliphatic rings. The summed E-state index contributed by atoms with van der Waals surface area (Å²) >= 11 is 0. The molecule has 1 rings (SSSR count). The van der Waals surface area contributed by atoms with Crippen LogP contribution in [0.5, 0.6) is 0 Å². The van der Waals surface area contributed by atoms with Crippen molar-refractivity contribution in [3.63, 3.8) is 0 Å². The molecular formula is C5H3F3N2O4. The molecule has 1 unspecified atom stereocenters. The SMILES string of the molecule is O=C1NC(=O)C(F)(F)C(F)(C(=O)O)N1. The summed E-state index contributed by atoms with van der Waals surface area (Å²) in [5, 5.41) is 9.98. The molecule has 6 nitrogen and oxygen atoms in total. The fourth-order valence-electron chi connectivity index (χ4n) is 0.792. The second-order valence-corrected chi connectivity index (χ2v) is 2.45. The number of halogens is 3. The third-order valence-electron chi connectivity index (χ3n) is 1.53. The molecule has 0 aromatic carbocycles. The molecule has 0 aliphatic carbocycles. The van der Waals surface area contributed by atoms with Crippen molar-refractivity contribution in [1.29, 1.82) is 0 Å². The molecule has 1 saturated heterocycles. The summed E-state index contributed by atoms with van der Waals surface area (Å²) in [7, 11) is 0. The van der Waals surface area contributed by atoms with Gasteiger partial charge in [0.05, 0.1) is 0 Å². The molecule has 1 fully saturated rings. The van der Waals surface area contributed by atoms with Crippen molar-refractivity contribution in [1.82, 2.24) is 10.6 Å². The number of carboxylic acids is 1. The predicted octanol–water partition coefficient (Wildman–Crippen LogP) is -0.788. The Labute approximate surface area is 74.1 Å². The Morgan fingerprint density at radius 3 is 2.21 bits per heavy atom. The Bertz CT molecular complexity index is 331. The Hall–Kier alpha value is -1.80. The van der Waals surface area contributed by atoms with Crippen molar-refractivity contribution in [2.75, 3.05) is 0 Å². The number of hydrogen-bond donors (Lipinski definition) is 3. The highest BCUT2D eigenvalue weighted by atomic mass is 19.3. The van der Waals surface area contributed by atoms with Gasteiger partial charge in [0.2, 0.25) is 0 Å². The quantitative estimate of drug-likeness (QED) is 0.496. The number of urea groups is 1. The maximum absolute atomic E-state index is 13.0. The molecule has 0 radical (unpaired) electrons. The predicted molar refractivity (Wildman–Crippen MR) is 33.1 cm³/mol. The molecule has 0 aromatic rings. The number of aliphatic carboxylic acids is 1. The van der Waals surface area contributed by atoms with E-state index >= 15 is 0 Å². The Kier molecular flexibility index (Phi) is 1.90. The monoisotopic (exact) mass is 212 g/mol. The number of carbonyl (C=O) groups is 3. The average Bonchev–Trinajstić information content (AvgIpc) is 2.00. The minimum Gasteiger partial charge on any atom is -0.477 e. The second kappa shape index (κ2) is 2.59. The van der Waals surface area contributed by atoms with Crippen molar-refractivity contribution in [3.05, 3.63) is 0 Å². The number of rotatable bonds is 1. The van der Waals surface area contributed by atoms with Gasteiger partial charge in [-0.3, -0.25) is 15.4 Å². The molecule has 14 heavy (non-hydrogen) atoms. The van der Waals surface area contributed by atoms with Gasteiger partial charge < -0.3 is 5.11 Å². The van der Waals surface area contributed by atoms with Gasteiger partial charge in [0.1, 0.15) is 0 Å². The van der Waals surface area contributed by atoms with Crippen LogP contribution in [0.1, 0.15) is 0 Å². The fraction of sp³-hybridized carbons (Fsp3) is 0.400. The molecule has 1 atom stereocenters. The zero-order valence-corrected chi connectivity index (χ0v) is 6.31. The van der Waals surface area contributed by atoms with Crippen molar-refractivity contribution in [3.8, 4) is 0 Å². The van der Waals surface area contributed by atoms with E-state index in [0.717, 1.165) is 10.6 Å². The molecule has 1 aliphatic heterocycles. The van der Waals surface area contributed by atoms with Crippen LogP contribution in [0.2, 0.25) is 0 Å². The topological polar surface area (TPSA) is 95.5 Å². The number of carboxylic acid groups (broad SMARTS) is 1. The fourth-order valence-corrected chi connectivity index (χ4v) is 0.792. The van der Waals surface area contributed by atoms with Crippen LogP contribution in [0.15, 0.2) is 0 Å². The first-order valence-corrected chi connectivity index (χ1v) is 3.15. The highest BCUT2D eigenvalue weighted by Crippen LogP contribution is 2.32. The van der Waals surface area contributed by atoms with Gasteiger partial charge in [-0.1, -0.05) is 0 Å². The van der Waals surface area contributed by atoms with Crippen LogP contribution in [-0.2, 0) is 9.59 Å². The van der Waals surface area contributed by atoms with Gasteiger partial charge in [0.25, 0.3) is 0 Å². The minimum atomic E-state index is -4.85. The van der Waals surface area contributed by atoms with E-state index in [1.807, 2.05) is 0 Å². The Morgan fingerprint density at radius 1 is 1.29 bits per heavy atom. The lowest BCUT2D eigenvalue weighted by Gasteiger charge is -2.32. The van der Waals surface area contributed by atoms with Gasteiger partial charge in [0.15, 0.2) is 0 Å². The van der Waals surface area contributed by atoms with Crippen molar-refractivity contribution in [2.24, 2.45) is 0 Å². The maximum atomic E-state index is 13.0. The van der Waals surface area contributed by atoms with Gasteiger partial charge in [0, 0.05) is 0 Å². The summed E-state index contributed by atoms with van der Waals surface area (Å²) in [6, 6.07) is -1.63. The molecule has 3 N–H and O–H groups in total. The number of carbonyl (C=O) groups excluding carboxylic acids is 2. The van der Waals surface area contributed by atoms with E-state index in [9.17, 15) is 27.6 Å². The number of alkyl halides is 3. The maximum Gasteiger partial charge on any atom is 0.387 e. The molecule has 0 saturated carbocycles. The van der Waals surface area contributed by atoms with Gasteiger partial charge >= 0.3 is 29.6 Å². The van der Waals surface area contributed by atoms with Crippen LogP contribution in [0, 0.1) is 0 Å². The molecule has 78 valence electrons. The molecule has 1 heterocycles. The largest absolute Gasteiger partial charge is 0.477 e. The molecule has 0 bridgehead atoms. The summed E-state index contributed by atoms with van der Waals surface area (Å²) < 4.78 is 38.4. The normalized spacial score (nSPS) is 30.5.